The van der Waals surface area contributed by atoms with E-state index in [1.165, 1.54) is 11.1 Å². The minimum atomic E-state index is 0. The third kappa shape index (κ3) is 9.90. The molecule has 3 heterocycles. The van der Waals surface area contributed by atoms with Crippen LogP contribution in [0.25, 0.3) is 22.5 Å². The molecule has 5 rings (SSSR count). The molecule has 10 nitrogen and oxygen atoms in total. The molecular formula is C36H48Cl4N4O6. The first kappa shape index (κ1) is 44.6. The fraction of sp³-hybridized carbons (Fsp3) is 0.389. The van der Waals surface area contributed by atoms with Crippen molar-refractivity contribution in [2.75, 3.05) is 55.7 Å². The van der Waals surface area contributed by atoms with Gasteiger partial charge in [0.05, 0.1) is 54.0 Å². The fourth-order valence-electron chi connectivity index (χ4n) is 6.29. The van der Waals surface area contributed by atoms with Crippen LogP contribution >= 0.6 is 49.6 Å². The summed E-state index contributed by atoms with van der Waals surface area (Å²) in [5, 5.41) is 0. The summed E-state index contributed by atoms with van der Waals surface area (Å²) in [6.07, 6.45) is 3.74. The minimum absolute atomic E-state index is 0. The van der Waals surface area contributed by atoms with Crippen LogP contribution in [0, 0.1) is 0 Å². The second-order valence-corrected chi connectivity index (χ2v) is 11.5. The lowest BCUT2D eigenvalue weighted by atomic mass is 10.0. The first-order valence-electron chi connectivity index (χ1n) is 15.3. The predicted molar refractivity (Wildman–Crippen MR) is 207 cm³/mol. The number of pyridine rings is 2. The van der Waals surface area contributed by atoms with E-state index in [1.807, 2.05) is 36.7 Å². The Morgan fingerprint density at radius 2 is 0.900 bits per heavy atom. The van der Waals surface area contributed by atoms with Crippen molar-refractivity contribution in [3.8, 4) is 57.0 Å². The Morgan fingerprint density at radius 3 is 1.24 bits per heavy atom. The third-order valence-electron chi connectivity index (χ3n) is 8.52. The van der Waals surface area contributed by atoms with Crippen molar-refractivity contribution in [3.63, 3.8) is 0 Å². The smallest absolute Gasteiger partial charge is 0.203 e. The fourth-order valence-corrected chi connectivity index (χ4v) is 6.29. The maximum absolute atomic E-state index is 5.57. The third-order valence-corrected chi connectivity index (χ3v) is 8.52. The molecule has 50 heavy (non-hydrogen) atoms. The van der Waals surface area contributed by atoms with E-state index in [2.05, 4.69) is 57.9 Å². The van der Waals surface area contributed by atoms with Crippen LogP contribution in [-0.2, 0) is 13.1 Å². The Balaban J connectivity index is 0.00000312. The maximum atomic E-state index is 5.57. The number of ether oxygens (including phenoxy) is 6. The Kier molecular flexibility index (Phi) is 18.3. The number of hydrogen-bond donors (Lipinski definition) is 0. The average molecular weight is 775 g/mol. The number of hydrogen-bond acceptors (Lipinski definition) is 10. The second-order valence-electron chi connectivity index (χ2n) is 11.5. The molecule has 0 amide bonds. The van der Waals surface area contributed by atoms with E-state index in [0.29, 0.717) is 46.6 Å². The summed E-state index contributed by atoms with van der Waals surface area (Å²) >= 11 is 0. The van der Waals surface area contributed by atoms with Crippen molar-refractivity contribution in [1.82, 2.24) is 19.8 Å². The second kappa shape index (κ2) is 20.5. The summed E-state index contributed by atoms with van der Waals surface area (Å²) in [6.45, 7) is 8.18. The van der Waals surface area contributed by atoms with Crippen molar-refractivity contribution in [1.29, 1.82) is 0 Å². The first-order chi connectivity index (χ1) is 22.3. The quantitative estimate of drug-likeness (QED) is 0.143. The average Bonchev–Trinajstić information content (AvgIpc) is 3.08. The van der Waals surface area contributed by atoms with Crippen LogP contribution < -0.4 is 28.4 Å². The molecule has 0 unspecified atom stereocenters. The largest absolute Gasteiger partial charge is 0.493 e. The van der Waals surface area contributed by atoms with Crippen LogP contribution in [0.2, 0.25) is 0 Å². The topological polar surface area (TPSA) is 87.6 Å². The highest BCUT2D eigenvalue weighted by Crippen LogP contribution is 2.42. The Bertz CT molecular complexity index is 1600. The van der Waals surface area contributed by atoms with Gasteiger partial charge in [-0.3, -0.25) is 19.8 Å². The molecule has 2 aromatic carbocycles. The molecule has 1 saturated heterocycles. The molecule has 1 aliphatic rings. The zero-order chi connectivity index (χ0) is 32.8. The molecule has 1 fully saturated rings. The number of methoxy groups -OCH3 is 6. The molecule has 0 bridgehead atoms. The van der Waals surface area contributed by atoms with E-state index in [0.717, 1.165) is 48.7 Å². The number of rotatable bonds is 12. The van der Waals surface area contributed by atoms with Crippen LogP contribution in [0.3, 0.4) is 0 Å². The zero-order valence-corrected chi connectivity index (χ0v) is 32.9. The monoisotopic (exact) mass is 772 g/mol. The molecule has 2 aromatic heterocycles. The van der Waals surface area contributed by atoms with E-state index in [4.69, 9.17) is 28.4 Å². The van der Waals surface area contributed by atoms with Gasteiger partial charge in [-0.25, -0.2) is 0 Å². The van der Waals surface area contributed by atoms with E-state index >= 15 is 0 Å². The van der Waals surface area contributed by atoms with Crippen molar-refractivity contribution in [2.24, 2.45) is 0 Å². The van der Waals surface area contributed by atoms with Crippen LogP contribution in [0.1, 0.15) is 25.0 Å². The zero-order valence-electron chi connectivity index (χ0n) is 29.6. The van der Waals surface area contributed by atoms with Gasteiger partial charge < -0.3 is 28.4 Å². The Labute approximate surface area is 320 Å². The van der Waals surface area contributed by atoms with Crippen LogP contribution in [0.5, 0.6) is 34.5 Å². The molecule has 0 radical (unpaired) electrons. The standard InChI is InChI=1S/C36H44N4O6.4ClH/c1-23-19-39(21-25-9-11-37-29(13-25)27-15-31(41-3)35(45-7)32(16-27)42-4)20-24(2)40(23)22-26-10-12-38-30(14-26)28-17-33(43-5)36(46-8)34(18-28)44-6;;;;/h9-18,23-24H,19-22H2,1-8H3;4*1H/t23-,24+;;;;. The van der Waals surface area contributed by atoms with E-state index < -0.39 is 0 Å². The highest BCUT2D eigenvalue weighted by Gasteiger charge is 2.29. The van der Waals surface area contributed by atoms with Crippen LogP contribution in [0.15, 0.2) is 60.9 Å². The van der Waals surface area contributed by atoms with Crippen molar-refractivity contribution in [3.05, 3.63) is 72.1 Å². The molecule has 1 aliphatic heterocycles. The normalized spacial score (nSPS) is 15.6. The molecule has 0 saturated carbocycles. The van der Waals surface area contributed by atoms with Gasteiger partial charge in [-0.1, -0.05) is 0 Å². The number of aromatic nitrogens is 2. The lowest BCUT2D eigenvalue weighted by Crippen LogP contribution is -2.55. The summed E-state index contributed by atoms with van der Waals surface area (Å²) < 4.78 is 33.2. The van der Waals surface area contributed by atoms with Crippen molar-refractivity contribution < 1.29 is 28.4 Å². The summed E-state index contributed by atoms with van der Waals surface area (Å²) in [6, 6.07) is 16.9. The van der Waals surface area contributed by atoms with Crippen LogP contribution in [0.4, 0.5) is 0 Å². The first-order valence-corrected chi connectivity index (χ1v) is 15.3. The van der Waals surface area contributed by atoms with Gasteiger partial charge >= 0.3 is 0 Å². The van der Waals surface area contributed by atoms with Crippen molar-refractivity contribution in [2.45, 2.75) is 39.0 Å². The van der Waals surface area contributed by atoms with E-state index in [-0.39, 0.29) is 49.6 Å². The summed E-state index contributed by atoms with van der Waals surface area (Å²) in [7, 11) is 9.69. The van der Waals surface area contributed by atoms with Gasteiger partial charge in [0.25, 0.3) is 0 Å². The lowest BCUT2D eigenvalue weighted by Gasteiger charge is -2.44. The summed E-state index contributed by atoms with van der Waals surface area (Å²) in [5.74, 6) is 3.55. The van der Waals surface area contributed by atoms with Gasteiger partial charge in [-0.05, 0) is 73.5 Å². The van der Waals surface area contributed by atoms with Crippen molar-refractivity contribution >= 4 is 49.6 Å². The Morgan fingerprint density at radius 1 is 0.540 bits per heavy atom. The highest BCUT2D eigenvalue weighted by atomic mass is 35.5. The lowest BCUT2D eigenvalue weighted by molar-refractivity contribution is 0.0290. The number of halogens is 4. The van der Waals surface area contributed by atoms with E-state index in [9.17, 15) is 0 Å². The van der Waals surface area contributed by atoms with Gasteiger partial charge in [0.15, 0.2) is 23.0 Å². The maximum Gasteiger partial charge on any atom is 0.203 e. The summed E-state index contributed by atoms with van der Waals surface area (Å²) in [4.78, 5) is 14.4. The van der Waals surface area contributed by atoms with Gasteiger partial charge in [0.2, 0.25) is 11.5 Å². The molecule has 0 spiro atoms. The number of piperazine rings is 1. The molecule has 2 atom stereocenters. The number of nitrogens with zero attached hydrogens (tertiary/aromatic N) is 4. The van der Waals surface area contributed by atoms with Gasteiger partial charge in [0, 0.05) is 61.8 Å². The minimum Gasteiger partial charge on any atom is -0.493 e. The predicted octanol–water partition coefficient (Wildman–Crippen LogP) is 7.64. The molecule has 0 N–H and O–H groups in total. The summed E-state index contributed by atoms with van der Waals surface area (Å²) in [5.41, 5.74) is 5.94. The highest BCUT2D eigenvalue weighted by molar-refractivity contribution is 5.86. The molecular weight excluding hydrogens is 726 g/mol. The van der Waals surface area contributed by atoms with Crippen LogP contribution in [-0.4, -0.2) is 87.6 Å². The van der Waals surface area contributed by atoms with Gasteiger partial charge in [-0.2, -0.15) is 0 Å². The van der Waals surface area contributed by atoms with E-state index in [1.54, 1.807) is 42.7 Å². The Hall–Kier alpha value is -3.38. The van der Waals surface area contributed by atoms with Gasteiger partial charge in [-0.15, -0.1) is 49.6 Å². The number of benzene rings is 2. The SMILES string of the molecule is COc1cc(-c2cc(CN3C[C@@H](C)N(Cc4ccnc(-c5cc(OC)c(OC)c(OC)c5)c4)[C@@H](C)C3)ccn2)cc(OC)c1OC.Cl.Cl.Cl.Cl. The molecule has 0 aliphatic carbocycles. The molecule has 4 aromatic rings. The molecule has 276 valence electrons. The van der Waals surface area contributed by atoms with Gasteiger partial charge in [0.1, 0.15) is 0 Å². The molecule has 14 heteroatoms.